The van der Waals surface area contributed by atoms with Crippen molar-refractivity contribution in [1.29, 1.82) is 0 Å². The number of halogens is 1. The highest BCUT2D eigenvalue weighted by Crippen LogP contribution is 2.40. The van der Waals surface area contributed by atoms with Crippen molar-refractivity contribution < 1.29 is 14.3 Å². The summed E-state index contributed by atoms with van der Waals surface area (Å²) in [4.78, 5) is 13.8. The summed E-state index contributed by atoms with van der Waals surface area (Å²) in [6.45, 7) is 9.37. The predicted octanol–water partition coefficient (Wildman–Crippen LogP) is 6.08. The maximum Gasteiger partial charge on any atom is 0.311 e. The summed E-state index contributed by atoms with van der Waals surface area (Å²) >= 11 is 6.74. The van der Waals surface area contributed by atoms with Gasteiger partial charge in [0.25, 0.3) is 0 Å². The maximum atomic E-state index is 11.6. The van der Waals surface area contributed by atoms with E-state index in [4.69, 9.17) is 21.1 Å². The van der Waals surface area contributed by atoms with Crippen LogP contribution in [0.2, 0.25) is 5.02 Å². The fraction of sp³-hybridized carbons (Fsp3) is 0.577. The summed E-state index contributed by atoms with van der Waals surface area (Å²) in [5.74, 6) is 1.47. The Bertz CT molecular complexity index is 938. The van der Waals surface area contributed by atoms with Gasteiger partial charge in [-0.25, -0.2) is 0 Å². The van der Waals surface area contributed by atoms with E-state index in [9.17, 15) is 4.79 Å². The Hall–Kier alpha value is -1.78. The summed E-state index contributed by atoms with van der Waals surface area (Å²) in [6.07, 6.45) is 4.88. The molecule has 2 aromatic rings. The minimum absolute atomic E-state index is 0.0121. The van der Waals surface area contributed by atoms with Crippen molar-refractivity contribution in [2.45, 2.75) is 59.1 Å². The summed E-state index contributed by atoms with van der Waals surface area (Å²) in [7, 11) is 1.45. The van der Waals surface area contributed by atoms with Gasteiger partial charge in [-0.05, 0) is 60.1 Å². The molecule has 0 spiro atoms. The SMILES string of the molecule is COC(=O)C1CN(Cc2ccc3c(Cl)c(OC4CCC(C(C)(C)C)CC4)ccc3c2)C1. The summed E-state index contributed by atoms with van der Waals surface area (Å²) < 4.78 is 11.2. The number of hydrogen-bond donors (Lipinski definition) is 0. The molecule has 0 aromatic heterocycles. The fourth-order valence-corrected chi connectivity index (χ4v) is 5.29. The van der Waals surface area contributed by atoms with Crippen LogP contribution in [0.5, 0.6) is 5.75 Å². The molecule has 2 aromatic carbocycles. The molecule has 4 rings (SSSR count). The van der Waals surface area contributed by atoms with Gasteiger partial charge in [-0.2, -0.15) is 0 Å². The van der Waals surface area contributed by atoms with Crippen LogP contribution in [-0.2, 0) is 16.1 Å². The topological polar surface area (TPSA) is 38.8 Å². The molecule has 1 saturated carbocycles. The van der Waals surface area contributed by atoms with Crippen LogP contribution >= 0.6 is 11.6 Å². The third-order valence-electron chi connectivity index (χ3n) is 7.07. The quantitative estimate of drug-likeness (QED) is 0.525. The second-order valence-electron chi connectivity index (χ2n) is 10.3. The molecule has 1 aliphatic heterocycles. The number of rotatable bonds is 5. The number of ether oxygens (including phenoxy) is 2. The Morgan fingerprint density at radius 3 is 2.45 bits per heavy atom. The van der Waals surface area contributed by atoms with Crippen LogP contribution in [0.25, 0.3) is 10.8 Å². The normalized spacial score (nSPS) is 22.9. The highest BCUT2D eigenvalue weighted by atomic mass is 35.5. The minimum Gasteiger partial charge on any atom is -0.489 e. The molecular weight excluding hydrogens is 410 g/mol. The van der Waals surface area contributed by atoms with Crippen LogP contribution in [0, 0.1) is 17.3 Å². The van der Waals surface area contributed by atoms with Gasteiger partial charge < -0.3 is 9.47 Å². The lowest BCUT2D eigenvalue weighted by molar-refractivity contribution is -0.151. The van der Waals surface area contributed by atoms with Crippen LogP contribution in [0.3, 0.4) is 0 Å². The van der Waals surface area contributed by atoms with E-state index < -0.39 is 0 Å². The Kier molecular flexibility index (Phi) is 6.50. The van der Waals surface area contributed by atoms with E-state index >= 15 is 0 Å². The Morgan fingerprint density at radius 1 is 1.10 bits per heavy atom. The van der Waals surface area contributed by atoms with Crippen molar-refractivity contribution in [2.75, 3.05) is 20.2 Å². The van der Waals surface area contributed by atoms with Crippen molar-refractivity contribution in [2.24, 2.45) is 17.3 Å². The highest BCUT2D eigenvalue weighted by molar-refractivity contribution is 6.37. The third-order valence-corrected chi connectivity index (χ3v) is 7.46. The number of methoxy groups -OCH3 is 1. The van der Waals surface area contributed by atoms with Gasteiger partial charge in [-0.1, -0.05) is 50.6 Å². The third kappa shape index (κ3) is 5.01. The molecule has 0 atom stereocenters. The first-order chi connectivity index (χ1) is 14.7. The Labute approximate surface area is 190 Å². The van der Waals surface area contributed by atoms with Crippen LogP contribution in [0.4, 0.5) is 0 Å². The summed E-state index contributed by atoms with van der Waals surface area (Å²) in [5, 5.41) is 2.86. The van der Waals surface area contributed by atoms with Crippen LogP contribution in [-0.4, -0.2) is 37.2 Å². The van der Waals surface area contributed by atoms with Crippen LogP contribution < -0.4 is 4.74 Å². The van der Waals surface area contributed by atoms with Crippen LogP contribution in [0.1, 0.15) is 52.0 Å². The number of nitrogens with zero attached hydrogens (tertiary/aromatic N) is 1. The molecule has 1 heterocycles. The zero-order valence-electron chi connectivity index (χ0n) is 19.1. The van der Waals surface area contributed by atoms with Crippen LogP contribution in [0.15, 0.2) is 30.3 Å². The summed E-state index contributed by atoms with van der Waals surface area (Å²) in [5.41, 5.74) is 1.60. The molecule has 0 bridgehead atoms. The van der Waals surface area contributed by atoms with Crippen molar-refractivity contribution in [3.05, 3.63) is 40.9 Å². The molecule has 0 unspecified atom stereocenters. The lowest BCUT2D eigenvalue weighted by Gasteiger charge is -2.37. The zero-order chi connectivity index (χ0) is 22.2. The van der Waals surface area contributed by atoms with Gasteiger partial charge in [0, 0.05) is 25.0 Å². The van der Waals surface area contributed by atoms with Gasteiger partial charge >= 0.3 is 5.97 Å². The Balaban J connectivity index is 1.38. The van der Waals surface area contributed by atoms with Crippen molar-refractivity contribution in [1.82, 2.24) is 4.90 Å². The van der Waals surface area contributed by atoms with E-state index in [2.05, 4.69) is 49.9 Å². The average molecular weight is 444 g/mol. The monoisotopic (exact) mass is 443 g/mol. The van der Waals surface area contributed by atoms with Gasteiger partial charge in [0.15, 0.2) is 0 Å². The van der Waals surface area contributed by atoms with E-state index in [0.29, 0.717) is 10.4 Å². The second-order valence-corrected chi connectivity index (χ2v) is 10.7. The van der Waals surface area contributed by atoms with Crippen molar-refractivity contribution in [3.8, 4) is 5.75 Å². The van der Waals surface area contributed by atoms with Gasteiger partial charge in [0.2, 0.25) is 0 Å². The molecule has 2 aliphatic rings. The number of carbonyl (C=O) groups is 1. The van der Waals surface area contributed by atoms with Crippen molar-refractivity contribution >= 4 is 28.3 Å². The Morgan fingerprint density at radius 2 is 1.81 bits per heavy atom. The molecule has 1 saturated heterocycles. The molecule has 0 N–H and O–H groups in total. The molecule has 2 fully saturated rings. The van der Waals surface area contributed by atoms with Crippen molar-refractivity contribution in [3.63, 3.8) is 0 Å². The van der Waals surface area contributed by atoms with E-state index in [1.165, 1.54) is 25.5 Å². The van der Waals surface area contributed by atoms with Gasteiger partial charge in [0.05, 0.1) is 24.2 Å². The molecule has 31 heavy (non-hydrogen) atoms. The number of hydrogen-bond acceptors (Lipinski definition) is 4. The molecule has 4 nitrogen and oxygen atoms in total. The largest absolute Gasteiger partial charge is 0.489 e. The van der Waals surface area contributed by atoms with Gasteiger partial charge in [0.1, 0.15) is 5.75 Å². The van der Waals surface area contributed by atoms with Gasteiger partial charge in [-0.3, -0.25) is 9.69 Å². The number of carbonyl (C=O) groups excluding carboxylic acids is 1. The number of fused-ring (bicyclic) bond motifs is 1. The van der Waals surface area contributed by atoms with E-state index in [1.54, 1.807) is 0 Å². The lowest BCUT2D eigenvalue weighted by Crippen LogP contribution is -2.49. The first-order valence-corrected chi connectivity index (χ1v) is 11.8. The van der Waals surface area contributed by atoms with E-state index in [1.807, 2.05) is 6.07 Å². The van der Waals surface area contributed by atoms with Gasteiger partial charge in [-0.15, -0.1) is 0 Å². The standard InChI is InChI=1S/C26H34ClNO3/c1-26(2,3)20-7-9-21(10-8-20)31-23-12-6-18-13-17(5-11-22(18)24(23)27)14-28-15-19(16-28)25(29)30-4/h5-6,11-13,19-21H,7-10,14-16H2,1-4H3. The number of esters is 1. The lowest BCUT2D eigenvalue weighted by atomic mass is 9.72. The number of benzene rings is 2. The predicted molar refractivity (Wildman–Crippen MR) is 126 cm³/mol. The van der Waals surface area contributed by atoms with E-state index in [0.717, 1.165) is 54.9 Å². The zero-order valence-corrected chi connectivity index (χ0v) is 19.9. The molecular formula is C26H34ClNO3. The minimum atomic E-state index is -0.110. The smallest absolute Gasteiger partial charge is 0.311 e. The first kappa shape index (κ1) is 22.4. The molecule has 168 valence electrons. The molecule has 0 amide bonds. The summed E-state index contributed by atoms with van der Waals surface area (Å²) in [6, 6.07) is 10.5. The molecule has 1 aliphatic carbocycles. The molecule has 0 radical (unpaired) electrons. The average Bonchev–Trinajstić information content (AvgIpc) is 2.71. The highest BCUT2D eigenvalue weighted by Gasteiger charge is 2.33. The fourth-order valence-electron chi connectivity index (χ4n) is 5.01. The first-order valence-electron chi connectivity index (χ1n) is 11.4. The molecule has 5 heteroatoms. The second kappa shape index (κ2) is 8.99. The maximum absolute atomic E-state index is 11.6. The van der Waals surface area contributed by atoms with E-state index in [-0.39, 0.29) is 18.0 Å². The number of likely N-dealkylation sites (tertiary alicyclic amines) is 1.